The van der Waals surface area contributed by atoms with Crippen molar-refractivity contribution < 1.29 is 12.8 Å². The standard InChI is InChI=1S/C22H26FN3O2S/c23-21-7-9-22(10-8-21)29(27,28)16-2-13-25-11-1-12-26(15-14-25)18-20-5-3-19(17-24)4-6-20/h3-10H,1-2,11-16,18H2. The molecule has 2 aromatic carbocycles. The zero-order chi connectivity index (χ0) is 20.7. The van der Waals surface area contributed by atoms with E-state index in [1.165, 1.54) is 29.8 Å². The highest BCUT2D eigenvalue weighted by molar-refractivity contribution is 7.91. The molecule has 0 spiro atoms. The monoisotopic (exact) mass is 415 g/mol. The Bertz CT molecular complexity index is 938. The average Bonchev–Trinajstić information content (AvgIpc) is 2.94. The number of nitrogens with zero attached hydrogens (tertiary/aromatic N) is 3. The fourth-order valence-electron chi connectivity index (χ4n) is 3.59. The molecule has 0 amide bonds. The van der Waals surface area contributed by atoms with Crippen molar-refractivity contribution >= 4 is 9.84 Å². The van der Waals surface area contributed by atoms with Gasteiger partial charge in [0.05, 0.1) is 22.3 Å². The molecule has 0 aromatic heterocycles. The molecule has 29 heavy (non-hydrogen) atoms. The van der Waals surface area contributed by atoms with E-state index in [1.54, 1.807) is 0 Å². The Morgan fingerprint density at radius 1 is 0.931 bits per heavy atom. The summed E-state index contributed by atoms with van der Waals surface area (Å²) >= 11 is 0. The summed E-state index contributed by atoms with van der Waals surface area (Å²) in [4.78, 5) is 4.90. The second kappa shape index (κ2) is 9.97. The zero-order valence-corrected chi connectivity index (χ0v) is 17.2. The van der Waals surface area contributed by atoms with Crippen LogP contribution in [0.15, 0.2) is 53.4 Å². The molecule has 154 valence electrons. The summed E-state index contributed by atoms with van der Waals surface area (Å²) in [5.74, 6) is -0.358. The molecule has 1 saturated heterocycles. The lowest BCUT2D eigenvalue weighted by molar-refractivity contribution is 0.252. The number of hydrogen-bond donors (Lipinski definition) is 0. The van der Waals surface area contributed by atoms with Crippen LogP contribution in [0.5, 0.6) is 0 Å². The summed E-state index contributed by atoms with van der Waals surface area (Å²) in [6.45, 7) is 5.41. The molecule has 1 heterocycles. The van der Waals surface area contributed by atoms with Crippen LogP contribution in [0.4, 0.5) is 4.39 Å². The van der Waals surface area contributed by atoms with E-state index >= 15 is 0 Å². The van der Waals surface area contributed by atoms with Crippen LogP contribution in [0.2, 0.25) is 0 Å². The van der Waals surface area contributed by atoms with E-state index < -0.39 is 15.7 Å². The number of halogens is 1. The fourth-order valence-corrected chi connectivity index (χ4v) is 4.88. The smallest absolute Gasteiger partial charge is 0.178 e. The van der Waals surface area contributed by atoms with Crippen molar-refractivity contribution in [3.63, 3.8) is 0 Å². The van der Waals surface area contributed by atoms with E-state index in [1.807, 2.05) is 24.3 Å². The molecule has 0 aliphatic carbocycles. The maximum atomic E-state index is 13.0. The van der Waals surface area contributed by atoms with Gasteiger partial charge in [0.15, 0.2) is 9.84 Å². The molecule has 0 unspecified atom stereocenters. The largest absolute Gasteiger partial charge is 0.302 e. The van der Waals surface area contributed by atoms with E-state index in [0.29, 0.717) is 12.0 Å². The van der Waals surface area contributed by atoms with Gasteiger partial charge in [-0.1, -0.05) is 12.1 Å². The van der Waals surface area contributed by atoms with Crippen LogP contribution in [-0.4, -0.2) is 56.7 Å². The van der Waals surface area contributed by atoms with Crippen LogP contribution in [0.25, 0.3) is 0 Å². The molecule has 7 heteroatoms. The minimum atomic E-state index is -3.37. The van der Waals surface area contributed by atoms with Crippen LogP contribution >= 0.6 is 0 Å². The Balaban J connectivity index is 1.44. The summed E-state index contributed by atoms with van der Waals surface area (Å²) in [5.41, 5.74) is 1.87. The van der Waals surface area contributed by atoms with Crippen molar-refractivity contribution in [1.29, 1.82) is 5.26 Å². The Morgan fingerprint density at radius 2 is 1.59 bits per heavy atom. The van der Waals surface area contributed by atoms with Crippen molar-refractivity contribution in [1.82, 2.24) is 9.80 Å². The predicted molar refractivity (Wildman–Crippen MR) is 111 cm³/mol. The molecule has 2 aromatic rings. The SMILES string of the molecule is N#Cc1ccc(CN2CCCN(CCCS(=O)(=O)c3ccc(F)cc3)CC2)cc1. The van der Waals surface area contributed by atoms with Gasteiger partial charge in [-0.05, 0) is 74.4 Å². The number of sulfone groups is 1. The predicted octanol–water partition coefficient (Wildman–Crippen LogP) is 3.07. The minimum absolute atomic E-state index is 0.0735. The molecule has 0 N–H and O–H groups in total. The average molecular weight is 416 g/mol. The van der Waals surface area contributed by atoms with Crippen molar-refractivity contribution in [2.75, 3.05) is 38.5 Å². The Labute approximate surface area is 172 Å². The highest BCUT2D eigenvalue weighted by Crippen LogP contribution is 2.14. The molecule has 1 fully saturated rings. The summed E-state index contributed by atoms with van der Waals surface area (Å²) in [6.07, 6.45) is 1.61. The topological polar surface area (TPSA) is 64.4 Å². The van der Waals surface area contributed by atoms with E-state index in [4.69, 9.17) is 5.26 Å². The second-order valence-corrected chi connectivity index (χ2v) is 9.52. The first kappa shape index (κ1) is 21.4. The van der Waals surface area contributed by atoms with Gasteiger partial charge in [-0.2, -0.15) is 5.26 Å². The van der Waals surface area contributed by atoms with E-state index in [9.17, 15) is 12.8 Å². The van der Waals surface area contributed by atoms with E-state index in [-0.39, 0.29) is 10.6 Å². The minimum Gasteiger partial charge on any atom is -0.302 e. The summed E-state index contributed by atoms with van der Waals surface area (Å²) in [7, 11) is -3.37. The third kappa shape index (κ3) is 6.36. The molecule has 1 aliphatic heterocycles. The second-order valence-electron chi connectivity index (χ2n) is 7.41. The Hall–Kier alpha value is -2.27. The lowest BCUT2D eigenvalue weighted by Crippen LogP contribution is -2.31. The molecule has 5 nitrogen and oxygen atoms in total. The molecular weight excluding hydrogens is 389 g/mol. The molecule has 3 rings (SSSR count). The van der Waals surface area contributed by atoms with Gasteiger partial charge in [0, 0.05) is 19.6 Å². The zero-order valence-electron chi connectivity index (χ0n) is 16.4. The van der Waals surface area contributed by atoms with Gasteiger partial charge in [0.2, 0.25) is 0 Å². The highest BCUT2D eigenvalue weighted by Gasteiger charge is 2.18. The number of hydrogen-bond acceptors (Lipinski definition) is 5. The van der Waals surface area contributed by atoms with Crippen molar-refractivity contribution in [3.8, 4) is 6.07 Å². The van der Waals surface area contributed by atoms with Crippen LogP contribution in [0, 0.1) is 17.1 Å². The lowest BCUT2D eigenvalue weighted by Gasteiger charge is -2.22. The lowest BCUT2D eigenvalue weighted by atomic mass is 10.1. The Morgan fingerprint density at radius 3 is 2.28 bits per heavy atom. The van der Waals surface area contributed by atoms with Crippen molar-refractivity contribution in [3.05, 3.63) is 65.5 Å². The van der Waals surface area contributed by atoms with Crippen LogP contribution < -0.4 is 0 Å². The maximum Gasteiger partial charge on any atom is 0.178 e. The maximum absolute atomic E-state index is 13.0. The molecular formula is C22H26FN3O2S. The van der Waals surface area contributed by atoms with Crippen molar-refractivity contribution in [2.45, 2.75) is 24.3 Å². The van der Waals surface area contributed by atoms with Gasteiger partial charge in [0.25, 0.3) is 0 Å². The molecule has 1 aliphatic rings. The first-order valence-corrected chi connectivity index (χ1v) is 11.5. The number of rotatable bonds is 7. The van der Waals surface area contributed by atoms with Gasteiger partial charge in [0.1, 0.15) is 5.82 Å². The molecule has 0 bridgehead atoms. The fraction of sp³-hybridized carbons (Fsp3) is 0.409. The Kier molecular flexibility index (Phi) is 7.37. The molecule has 0 atom stereocenters. The van der Waals surface area contributed by atoms with Crippen LogP contribution in [0.3, 0.4) is 0 Å². The normalized spacial score (nSPS) is 16.3. The van der Waals surface area contributed by atoms with Crippen LogP contribution in [0.1, 0.15) is 24.0 Å². The van der Waals surface area contributed by atoms with Crippen molar-refractivity contribution in [2.24, 2.45) is 0 Å². The molecule has 0 radical (unpaired) electrons. The third-order valence-corrected chi connectivity index (χ3v) is 7.05. The molecule has 0 saturated carbocycles. The number of nitriles is 1. The van der Waals surface area contributed by atoms with Gasteiger partial charge < -0.3 is 4.90 Å². The van der Waals surface area contributed by atoms with Crippen LogP contribution in [-0.2, 0) is 16.4 Å². The highest BCUT2D eigenvalue weighted by atomic mass is 32.2. The van der Waals surface area contributed by atoms with Gasteiger partial charge in [-0.25, -0.2) is 12.8 Å². The summed E-state index contributed by atoms with van der Waals surface area (Å²) in [6, 6.07) is 14.9. The quantitative estimate of drug-likeness (QED) is 0.651. The third-order valence-electron chi connectivity index (χ3n) is 5.23. The summed E-state index contributed by atoms with van der Waals surface area (Å²) < 4.78 is 37.8. The number of benzene rings is 2. The van der Waals surface area contributed by atoms with Gasteiger partial charge >= 0.3 is 0 Å². The summed E-state index contributed by atoms with van der Waals surface area (Å²) in [5, 5.41) is 8.89. The van der Waals surface area contributed by atoms with Gasteiger partial charge in [-0.15, -0.1) is 0 Å². The first-order valence-electron chi connectivity index (χ1n) is 9.88. The first-order chi connectivity index (χ1) is 14.0. The van der Waals surface area contributed by atoms with Gasteiger partial charge in [-0.3, -0.25) is 4.90 Å². The van der Waals surface area contributed by atoms with E-state index in [2.05, 4.69) is 15.9 Å². The van der Waals surface area contributed by atoms with E-state index in [0.717, 1.165) is 45.7 Å².